The molecular weight excluding hydrogens is 953 g/mol. The number of hydrogen-bond donors (Lipinski definition) is 6. The van der Waals surface area contributed by atoms with Crippen molar-refractivity contribution >= 4 is 50.6 Å². The molecule has 2 heterocycles. The van der Waals surface area contributed by atoms with Crippen molar-refractivity contribution in [1.29, 1.82) is 0 Å². The summed E-state index contributed by atoms with van der Waals surface area (Å²) in [6, 6.07) is 25.4. The highest BCUT2D eigenvalue weighted by molar-refractivity contribution is 7.94. The number of unbranched alkanes of at least 4 members (excludes halogenated alkanes) is 1. The van der Waals surface area contributed by atoms with Crippen LogP contribution in [0.3, 0.4) is 0 Å². The summed E-state index contributed by atoms with van der Waals surface area (Å²) in [6.45, 7) is 17.0. The lowest BCUT2D eigenvalue weighted by Crippen LogP contribution is -2.56. The van der Waals surface area contributed by atoms with Gasteiger partial charge in [-0.3, -0.25) is 19.2 Å². The van der Waals surface area contributed by atoms with Crippen LogP contribution in [-0.4, -0.2) is 90.8 Å². The van der Waals surface area contributed by atoms with Gasteiger partial charge in [0.1, 0.15) is 30.6 Å². The number of nitrogens with one attached hydrogen (secondary N) is 4. The maximum absolute atomic E-state index is 14.1. The highest BCUT2D eigenvalue weighted by atomic mass is 32.2. The van der Waals surface area contributed by atoms with E-state index in [9.17, 15) is 37.8 Å². The van der Waals surface area contributed by atoms with E-state index in [-0.39, 0.29) is 77.2 Å². The molecule has 0 bridgehead atoms. The number of fused-ring (bicyclic) bond motifs is 2. The molecule has 74 heavy (non-hydrogen) atoms. The second-order valence-electron chi connectivity index (χ2n) is 21.3. The van der Waals surface area contributed by atoms with Crippen molar-refractivity contribution in [1.82, 2.24) is 21.3 Å². The van der Waals surface area contributed by atoms with Crippen LogP contribution in [0.15, 0.2) is 137 Å². The maximum Gasteiger partial charge on any atom is 0.243 e. The fourth-order valence-corrected chi connectivity index (χ4v) is 11.0. The Hall–Kier alpha value is -7.00. The minimum Gasteiger partial charge on any atom is -0.508 e. The van der Waals surface area contributed by atoms with Crippen molar-refractivity contribution in [3.05, 3.63) is 149 Å². The standard InChI is InChI=1S/C59H74N6O8S/c1-39(2)35-48(57(71)63-49(36-40(3)4)56(70)61-42(37-41-24-26-43(66)27-25-41)32-34-74(72,73)45-30-28-44(67)29-31-45)62-55(69)38-60-54(68)23-14-15-33-65-51-20-13-11-18-47(51)59(7,8)53(65)22-16-21-52-58(5,6)46-17-10-12-19-50(46)64(52)9/h10-13,16-22,24-32,34,39-40,42,48-49H,14-15,23,33,35-38H2,1-9H3,(H5-,60,61,62,63,66,67,68,69,70,71)/p+1/b34-32+/t42?,48-,49-/m0/s1. The smallest absolute Gasteiger partial charge is 0.243 e. The number of aromatic hydroxyl groups is 2. The van der Waals surface area contributed by atoms with Crippen LogP contribution in [0.1, 0.15) is 104 Å². The third kappa shape index (κ3) is 14.2. The molecule has 15 heteroatoms. The van der Waals surface area contributed by atoms with Crippen molar-refractivity contribution in [2.75, 3.05) is 25.0 Å². The van der Waals surface area contributed by atoms with E-state index in [1.807, 2.05) is 27.7 Å². The molecule has 0 radical (unpaired) electrons. The lowest BCUT2D eigenvalue weighted by Gasteiger charge is -2.27. The molecule has 3 atom stereocenters. The van der Waals surface area contributed by atoms with Gasteiger partial charge >= 0.3 is 0 Å². The molecule has 0 saturated heterocycles. The zero-order valence-corrected chi connectivity index (χ0v) is 45.1. The van der Waals surface area contributed by atoms with Crippen molar-refractivity contribution in [2.24, 2.45) is 11.8 Å². The molecule has 4 aromatic carbocycles. The topological polar surface area (TPSA) is 197 Å². The number of benzene rings is 4. The monoisotopic (exact) mass is 1030 g/mol. The van der Waals surface area contributed by atoms with E-state index in [0.29, 0.717) is 18.5 Å². The number of phenolic OH excluding ortho intramolecular Hbond substituents is 2. The predicted molar refractivity (Wildman–Crippen MR) is 292 cm³/mol. The van der Waals surface area contributed by atoms with Crippen molar-refractivity contribution < 1.29 is 42.4 Å². The van der Waals surface area contributed by atoms with Crippen LogP contribution in [0.4, 0.5) is 11.4 Å². The molecule has 1 unspecified atom stereocenters. The molecule has 0 saturated carbocycles. The Bertz CT molecular complexity index is 2900. The van der Waals surface area contributed by atoms with Gasteiger partial charge in [0.05, 0.1) is 22.9 Å². The SMILES string of the molecule is CC(C)C[C@H](NC(=O)CNC(=O)CCCCN1C(=CC=CC2=[N+](C)c3ccccc3C2(C)C)C(C)(C)c2ccccc21)C(=O)N[C@@H](CC(C)C)C(=O)NC(/C=C/S(=O)(=O)c1ccc(O)cc1)Cc1ccc(O)cc1. The van der Waals surface area contributed by atoms with Crippen molar-refractivity contribution in [3.63, 3.8) is 0 Å². The van der Waals surface area contributed by atoms with Crippen LogP contribution < -0.4 is 26.2 Å². The van der Waals surface area contributed by atoms with E-state index in [4.69, 9.17) is 0 Å². The average Bonchev–Trinajstić information content (AvgIpc) is 3.68. The summed E-state index contributed by atoms with van der Waals surface area (Å²) in [6.07, 6.45) is 10.1. The summed E-state index contributed by atoms with van der Waals surface area (Å²) < 4.78 is 28.7. The van der Waals surface area contributed by atoms with Gasteiger partial charge in [0, 0.05) is 52.9 Å². The number of allylic oxidation sites excluding steroid dienone is 4. The summed E-state index contributed by atoms with van der Waals surface area (Å²) in [7, 11) is -1.86. The Labute approximate surface area is 437 Å². The molecule has 0 aliphatic carbocycles. The van der Waals surface area contributed by atoms with Crippen LogP contribution in [0.25, 0.3) is 0 Å². The number of para-hydroxylation sites is 2. The Morgan fingerprint density at radius 1 is 0.703 bits per heavy atom. The predicted octanol–water partition coefficient (Wildman–Crippen LogP) is 8.41. The zero-order chi connectivity index (χ0) is 54.0. The summed E-state index contributed by atoms with van der Waals surface area (Å²) in [5.74, 6) is -2.09. The van der Waals surface area contributed by atoms with E-state index in [1.165, 1.54) is 70.7 Å². The normalized spacial score (nSPS) is 16.6. The second kappa shape index (κ2) is 24.4. The van der Waals surface area contributed by atoms with Gasteiger partial charge in [0.25, 0.3) is 0 Å². The molecule has 2 aliphatic heterocycles. The summed E-state index contributed by atoms with van der Waals surface area (Å²) in [5.41, 5.74) is 7.60. The number of rotatable bonds is 23. The van der Waals surface area contributed by atoms with Crippen LogP contribution in [0.5, 0.6) is 11.5 Å². The lowest BCUT2D eigenvalue weighted by molar-refractivity contribution is -0.401. The van der Waals surface area contributed by atoms with Crippen LogP contribution in [0, 0.1) is 11.8 Å². The second-order valence-corrected chi connectivity index (χ2v) is 23.2. The first-order chi connectivity index (χ1) is 35.0. The number of carbonyl (C=O) groups excluding carboxylic acids is 4. The van der Waals surface area contributed by atoms with Crippen LogP contribution in [-0.2, 0) is 46.3 Å². The molecule has 4 aromatic rings. The van der Waals surface area contributed by atoms with E-state index >= 15 is 0 Å². The number of carbonyl (C=O) groups is 4. The molecule has 4 amide bonds. The van der Waals surface area contributed by atoms with E-state index < -0.39 is 45.7 Å². The van der Waals surface area contributed by atoms with Gasteiger partial charge in [0.2, 0.25) is 29.3 Å². The molecular formula is C59H75N6O8S+. The average molecular weight is 1030 g/mol. The first-order valence-corrected chi connectivity index (χ1v) is 27.2. The lowest BCUT2D eigenvalue weighted by atomic mass is 9.81. The Balaban J connectivity index is 1.05. The van der Waals surface area contributed by atoms with Gasteiger partial charge < -0.3 is 36.4 Å². The van der Waals surface area contributed by atoms with Gasteiger partial charge in [-0.05, 0) is 117 Å². The Morgan fingerprint density at radius 2 is 1.28 bits per heavy atom. The Morgan fingerprint density at radius 3 is 1.92 bits per heavy atom. The van der Waals surface area contributed by atoms with E-state index in [2.05, 4.69) is 132 Å². The molecule has 0 aromatic heterocycles. The van der Waals surface area contributed by atoms with Gasteiger partial charge in [-0.15, -0.1) is 0 Å². The van der Waals surface area contributed by atoms with Crippen molar-refractivity contribution in [3.8, 4) is 11.5 Å². The number of nitrogens with zero attached hydrogens (tertiary/aromatic N) is 2. The third-order valence-electron chi connectivity index (χ3n) is 13.8. The van der Waals surface area contributed by atoms with Crippen molar-refractivity contribution in [2.45, 2.75) is 128 Å². The molecule has 394 valence electrons. The fourth-order valence-electron chi connectivity index (χ4n) is 9.91. The van der Waals surface area contributed by atoms with E-state index in [1.54, 1.807) is 12.1 Å². The molecule has 6 N–H and O–H groups in total. The molecule has 0 fully saturated rings. The van der Waals surface area contributed by atoms with Crippen LogP contribution >= 0.6 is 0 Å². The molecule has 6 rings (SSSR count). The summed E-state index contributed by atoms with van der Waals surface area (Å²) >= 11 is 0. The van der Waals surface area contributed by atoms with E-state index in [0.717, 1.165) is 17.5 Å². The third-order valence-corrected chi connectivity index (χ3v) is 15.2. The summed E-state index contributed by atoms with van der Waals surface area (Å²) in [4.78, 5) is 56.8. The van der Waals surface area contributed by atoms with Crippen LogP contribution in [0.2, 0.25) is 0 Å². The maximum atomic E-state index is 14.1. The number of phenols is 2. The fraction of sp³-hybridized carbons (Fsp3) is 0.407. The quantitative estimate of drug-likeness (QED) is 0.0312. The first kappa shape index (κ1) is 56.3. The molecule has 2 aliphatic rings. The molecule has 14 nitrogen and oxygen atoms in total. The zero-order valence-electron chi connectivity index (χ0n) is 44.3. The highest BCUT2D eigenvalue weighted by Crippen LogP contribution is 2.48. The van der Waals surface area contributed by atoms with Gasteiger partial charge in [-0.25, -0.2) is 8.42 Å². The van der Waals surface area contributed by atoms with Gasteiger partial charge in [-0.1, -0.05) is 102 Å². The number of hydrogen-bond acceptors (Lipinski definition) is 9. The van der Waals surface area contributed by atoms with Gasteiger partial charge in [0.15, 0.2) is 15.5 Å². The Kier molecular flexibility index (Phi) is 18.5. The minimum absolute atomic E-state index is 0.0224. The highest BCUT2D eigenvalue weighted by Gasteiger charge is 2.43. The molecule has 0 spiro atoms. The summed E-state index contributed by atoms with van der Waals surface area (Å²) in [5, 5.41) is 31.7. The number of amides is 4. The minimum atomic E-state index is -3.97. The number of sulfone groups is 1. The van der Waals surface area contributed by atoms with Gasteiger partial charge in [-0.2, -0.15) is 4.58 Å². The number of anilines is 1. The first-order valence-electron chi connectivity index (χ1n) is 25.6. The largest absolute Gasteiger partial charge is 0.508 e.